The van der Waals surface area contributed by atoms with Crippen LogP contribution in [-0.2, 0) is 4.79 Å². The van der Waals surface area contributed by atoms with E-state index in [0.717, 1.165) is 38.7 Å². The lowest BCUT2D eigenvalue weighted by atomic mass is 9.95. The van der Waals surface area contributed by atoms with Crippen molar-refractivity contribution in [1.29, 1.82) is 0 Å². The number of carbonyl (C=O) groups excluding carboxylic acids is 1. The van der Waals surface area contributed by atoms with Gasteiger partial charge < -0.3 is 15.8 Å². The Bertz CT molecular complexity index is 1600. The smallest absolute Gasteiger partial charge is 0.247 e. The number of nitrogens with two attached hydrogens (primary N) is 1. The van der Waals surface area contributed by atoms with Gasteiger partial charge in [-0.15, -0.1) is 0 Å². The molecule has 3 N–H and O–H groups in total. The highest BCUT2D eigenvalue weighted by molar-refractivity contribution is 6.01. The molecule has 2 aromatic heterocycles. The molecule has 7 nitrogen and oxygen atoms in total. The second kappa shape index (κ2) is 9.68. The van der Waals surface area contributed by atoms with Gasteiger partial charge in [0.25, 0.3) is 0 Å². The highest BCUT2D eigenvalue weighted by Crippen LogP contribution is 2.35. The van der Waals surface area contributed by atoms with Crippen LogP contribution < -0.4 is 15.8 Å². The van der Waals surface area contributed by atoms with Gasteiger partial charge in [0, 0.05) is 35.1 Å². The van der Waals surface area contributed by atoms with Crippen molar-refractivity contribution in [3.8, 4) is 33.9 Å². The third-order valence-electron chi connectivity index (χ3n) is 5.63. The minimum atomic E-state index is -0.277. The highest BCUT2D eigenvalue weighted by Gasteiger charge is 2.12. The van der Waals surface area contributed by atoms with Gasteiger partial charge >= 0.3 is 0 Å². The Morgan fingerprint density at radius 1 is 0.972 bits per heavy atom. The Balaban J connectivity index is 1.54. The summed E-state index contributed by atoms with van der Waals surface area (Å²) in [6, 6.07) is 23.3. The van der Waals surface area contributed by atoms with E-state index in [4.69, 9.17) is 10.5 Å². The largest absolute Gasteiger partial charge is 0.439 e. The molecule has 1 amide bonds. The molecule has 0 unspecified atom stereocenters. The number of nitrogens with one attached hydrogen (secondary N) is 1. The number of ether oxygens (including phenoxy) is 1. The fourth-order valence-electron chi connectivity index (χ4n) is 3.90. The van der Waals surface area contributed by atoms with E-state index in [2.05, 4.69) is 32.9 Å². The van der Waals surface area contributed by atoms with Crippen molar-refractivity contribution in [2.45, 2.75) is 6.92 Å². The fraction of sp³-hybridized carbons (Fsp3) is 0.0345. The summed E-state index contributed by atoms with van der Waals surface area (Å²) in [6.45, 7) is 5.51. The number of rotatable bonds is 6. The standard InChI is InChI=1S/C29H23N5O2/c1-3-26(35)33-23-6-4-5-20(15-23)25-16-21(14-22-17-32-29(30)34-28(22)25)19-7-9-24(10-8-19)36-27-13-18(2)11-12-31-27/h3-17H,1H2,2H3,(H,33,35)(H2,30,32,34). The van der Waals surface area contributed by atoms with Crippen molar-refractivity contribution in [2.24, 2.45) is 0 Å². The van der Waals surface area contributed by atoms with E-state index in [1.165, 1.54) is 6.08 Å². The minimum absolute atomic E-state index is 0.193. The first-order valence-corrected chi connectivity index (χ1v) is 11.3. The Labute approximate surface area is 208 Å². The second-order valence-corrected chi connectivity index (χ2v) is 8.26. The van der Waals surface area contributed by atoms with Gasteiger partial charge in [-0.3, -0.25) is 4.79 Å². The van der Waals surface area contributed by atoms with E-state index in [9.17, 15) is 4.79 Å². The van der Waals surface area contributed by atoms with Crippen LogP contribution in [0.5, 0.6) is 11.6 Å². The van der Waals surface area contributed by atoms with E-state index in [0.29, 0.717) is 17.3 Å². The number of hydrogen-bond acceptors (Lipinski definition) is 6. The molecule has 0 aliphatic heterocycles. The molecule has 0 spiro atoms. The Hall–Kier alpha value is -5.04. The van der Waals surface area contributed by atoms with Crippen LogP contribution in [0.15, 0.2) is 97.8 Å². The van der Waals surface area contributed by atoms with Crippen LogP contribution in [0.2, 0.25) is 0 Å². The third kappa shape index (κ3) is 4.90. The zero-order chi connectivity index (χ0) is 25.1. The molecule has 0 radical (unpaired) electrons. The van der Waals surface area contributed by atoms with Crippen molar-refractivity contribution < 1.29 is 9.53 Å². The topological polar surface area (TPSA) is 103 Å². The number of nitrogens with zero attached hydrogens (tertiary/aromatic N) is 3. The molecule has 0 aliphatic rings. The molecule has 0 saturated heterocycles. The molecule has 5 rings (SSSR count). The summed E-state index contributed by atoms with van der Waals surface area (Å²) >= 11 is 0. The molecule has 5 aromatic rings. The Morgan fingerprint density at radius 2 is 1.81 bits per heavy atom. The summed E-state index contributed by atoms with van der Waals surface area (Å²) in [6.07, 6.45) is 4.68. The van der Waals surface area contributed by atoms with Crippen LogP contribution >= 0.6 is 0 Å². The van der Waals surface area contributed by atoms with E-state index < -0.39 is 0 Å². The van der Waals surface area contributed by atoms with Gasteiger partial charge in [0.05, 0.1) is 5.52 Å². The number of nitrogen functional groups attached to an aromatic ring is 1. The second-order valence-electron chi connectivity index (χ2n) is 8.26. The van der Waals surface area contributed by atoms with Gasteiger partial charge in [0.15, 0.2) is 0 Å². The predicted octanol–water partition coefficient (Wildman–Crippen LogP) is 6.17. The van der Waals surface area contributed by atoms with Crippen molar-refractivity contribution in [3.63, 3.8) is 0 Å². The molecular weight excluding hydrogens is 450 g/mol. The maximum absolute atomic E-state index is 11.8. The van der Waals surface area contributed by atoms with E-state index in [1.807, 2.05) is 73.7 Å². The van der Waals surface area contributed by atoms with E-state index >= 15 is 0 Å². The van der Waals surface area contributed by atoms with E-state index in [1.54, 1.807) is 12.4 Å². The summed E-state index contributed by atoms with van der Waals surface area (Å²) < 4.78 is 5.89. The quantitative estimate of drug-likeness (QED) is 0.286. The van der Waals surface area contributed by atoms with Crippen molar-refractivity contribution in [3.05, 3.63) is 103 Å². The van der Waals surface area contributed by atoms with Crippen molar-refractivity contribution in [2.75, 3.05) is 11.1 Å². The Morgan fingerprint density at radius 3 is 2.58 bits per heavy atom. The van der Waals surface area contributed by atoms with Crippen LogP contribution in [0.25, 0.3) is 33.2 Å². The van der Waals surface area contributed by atoms with Crippen LogP contribution in [-0.4, -0.2) is 20.9 Å². The summed E-state index contributed by atoms with van der Waals surface area (Å²) in [5.74, 6) is 1.16. The summed E-state index contributed by atoms with van der Waals surface area (Å²) in [5, 5.41) is 3.65. The highest BCUT2D eigenvalue weighted by atomic mass is 16.5. The number of amides is 1. The molecule has 3 aromatic carbocycles. The monoisotopic (exact) mass is 473 g/mol. The van der Waals surface area contributed by atoms with Crippen LogP contribution in [0.3, 0.4) is 0 Å². The molecule has 7 heteroatoms. The minimum Gasteiger partial charge on any atom is -0.439 e. The van der Waals surface area contributed by atoms with E-state index in [-0.39, 0.29) is 11.9 Å². The maximum Gasteiger partial charge on any atom is 0.247 e. The number of hydrogen-bond donors (Lipinski definition) is 2. The third-order valence-corrected chi connectivity index (χ3v) is 5.63. The first-order valence-electron chi connectivity index (χ1n) is 11.3. The van der Waals surface area contributed by atoms with Gasteiger partial charge in [-0.1, -0.05) is 30.8 Å². The molecule has 176 valence electrons. The number of carbonyl (C=O) groups is 1. The van der Waals surface area contributed by atoms with Gasteiger partial charge in [0.1, 0.15) is 5.75 Å². The van der Waals surface area contributed by atoms with Gasteiger partial charge in [-0.25, -0.2) is 15.0 Å². The lowest BCUT2D eigenvalue weighted by Gasteiger charge is -2.12. The number of pyridine rings is 1. The first-order chi connectivity index (χ1) is 17.5. The zero-order valence-corrected chi connectivity index (χ0v) is 19.6. The fourth-order valence-corrected chi connectivity index (χ4v) is 3.90. The molecule has 0 aliphatic carbocycles. The van der Waals surface area contributed by atoms with Crippen molar-refractivity contribution >= 4 is 28.4 Å². The van der Waals surface area contributed by atoms with Crippen LogP contribution in [0.4, 0.5) is 11.6 Å². The summed E-state index contributed by atoms with van der Waals surface area (Å²) in [4.78, 5) is 24.7. The number of aromatic nitrogens is 3. The lowest BCUT2D eigenvalue weighted by molar-refractivity contribution is -0.111. The molecule has 0 atom stereocenters. The molecule has 0 bridgehead atoms. The summed E-state index contributed by atoms with van der Waals surface area (Å²) in [5.41, 5.74) is 12.1. The summed E-state index contributed by atoms with van der Waals surface area (Å²) in [7, 11) is 0. The number of anilines is 2. The first kappa shape index (κ1) is 22.7. The Kier molecular flexibility index (Phi) is 6.11. The van der Waals surface area contributed by atoms with Crippen LogP contribution in [0, 0.1) is 6.92 Å². The number of aryl methyl sites for hydroxylation is 1. The van der Waals surface area contributed by atoms with Gasteiger partial charge in [-0.2, -0.15) is 0 Å². The molecular formula is C29H23N5O2. The number of benzene rings is 3. The molecule has 36 heavy (non-hydrogen) atoms. The normalized spacial score (nSPS) is 10.7. The molecule has 0 fully saturated rings. The molecule has 2 heterocycles. The van der Waals surface area contributed by atoms with Crippen LogP contribution in [0.1, 0.15) is 5.56 Å². The average molecular weight is 474 g/mol. The average Bonchev–Trinajstić information content (AvgIpc) is 2.88. The van der Waals surface area contributed by atoms with Gasteiger partial charge in [-0.05, 0) is 77.7 Å². The zero-order valence-electron chi connectivity index (χ0n) is 19.6. The maximum atomic E-state index is 11.8. The number of fused-ring (bicyclic) bond motifs is 1. The predicted molar refractivity (Wildman–Crippen MR) is 143 cm³/mol. The SMILES string of the molecule is C=CC(=O)Nc1cccc(-c2cc(-c3ccc(Oc4cc(C)ccn4)cc3)cc3cnc(N)nc23)c1. The molecule has 0 saturated carbocycles. The van der Waals surface area contributed by atoms with Gasteiger partial charge in [0.2, 0.25) is 17.7 Å². The van der Waals surface area contributed by atoms with Crippen molar-refractivity contribution in [1.82, 2.24) is 15.0 Å². The lowest BCUT2D eigenvalue weighted by Crippen LogP contribution is -2.07.